The van der Waals surface area contributed by atoms with Crippen LogP contribution < -0.4 is 0 Å². The molecule has 0 aromatic rings. The third-order valence-electron chi connectivity index (χ3n) is 9.14. The van der Waals surface area contributed by atoms with Gasteiger partial charge in [0.25, 0.3) is 0 Å². The predicted molar refractivity (Wildman–Crippen MR) is 98.3 cm³/mol. The van der Waals surface area contributed by atoms with Gasteiger partial charge in [0.15, 0.2) is 0 Å². The SMILES string of the molecule is CC(=O)OC[C@@]1(O)C[C@@]23CC[C@H]4C(C)(C)C(=O)CC[C@@]4(C)[C@H]2CC[C@@H]1C3. The van der Waals surface area contributed by atoms with E-state index in [9.17, 15) is 14.7 Å². The Morgan fingerprint density at radius 3 is 2.58 bits per heavy atom. The largest absolute Gasteiger partial charge is 0.463 e. The Labute approximate surface area is 157 Å². The summed E-state index contributed by atoms with van der Waals surface area (Å²) in [5, 5.41) is 11.3. The summed E-state index contributed by atoms with van der Waals surface area (Å²) < 4.78 is 5.26. The van der Waals surface area contributed by atoms with Gasteiger partial charge in [0.2, 0.25) is 0 Å². The lowest BCUT2D eigenvalue weighted by Gasteiger charge is -2.63. The van der Waals surface area contributed by atoms with Crippen molar-refractivity contribution in [1.82, 2.24) is 0 Å². The molecule has 6 atom stereocenters. The van der Waals surface area contributed by atoms with Crippen molar-refractivity contribution in [3.05, 3.63) is 0 Å². The summed E-state index contributed by atoms with van der Waals surface area (Å²) in [6.45, 7) is 8.31. The number of ketones is 1. The zero-order chi connectivity index (χ0) is 19.0. The second-order valence-electron chi connectivity index (χ2n) is 10.7. The monoisotopic (exact) mass is 362 g/mol. The summed E-state index contributed by atoms with van der Waals surface area (Å²) in [5.41, 5.74) is -0.728. The Kier molecular flexibility index (Phi) is 3.95. The van der Waals surface area contributed by atoms with Gasteiger partial charge < -0.3 is 9.84 Å². The van der Waals surface area contributed by atoms with Crippen molar-refractivity contribution in [2.24, 2.45) is 34.0 Å². The number of carbonyl (C=O) groups excluding carboxylic acids is 2. The number of aliphatic hydroxyl groups is 1. The predicted octanol–water partition coefficient (Wildman–Crippen LogP) is 3.89. The highest BCUT2D eigenvalue weighted by Gasteiger charge is 2.68. The van der Waals surface area contributed by atoms with Crippen molar-refractivity contribution >= 4 is 11.8 Å². The first-order valence-corrected chi connectivity index (χ1v) is 10.4. The third-order valence-corrected chi connectivity index (χ3v) is 9.14. The third kappa shape index (κ3) is 2.36. The van der Waals surface area contributed by atoms with Crippen molar-refractivity contribution in [2.75, 3.05) is 6.61 Å². The summed E-state index contributed by atoms with van der Waals surface area (Å²) in [7, 11) is 0. The fourth-order valence-corrected chi connectivity index (χ4v) is 8.04. The van der Waals surface area contributed by atoms with Gasteiger partial charge in [-0.25, -0.2) is 0 Å². The zero-order valence-corrected chi connectivity index (χ0v) is 16.8. The van der Waals surface area contributed by atoms with Crippen LogP contribution >= 0.6 is 0 Å². The van der Waals surface area contributed by atoms with Gasteiger partial charge in [-0.1, -0.05) is 20.8 Å². The lowest BCUT2D eigenvalue weighted by molar-refractivity contribution is -0.165. The average molecular weight is 363 g/mol. The Hall–Kier alpha value is -0.900. The molecule has 146 valence electrons. The van der Waals surface area contributed by atoms with E-state index in [1.54, 1.807) is 0 Å². The van der Waals surface area contributed by atoms with E-state index >= 15 is 0 Å². The van der Waals surface area contributed by atoms with Crippen LogP contribution in [0.25, 0.3) is 0 Å². The van der Waals surface area contributed by atoms with Crippen LogP contribution in [0, 0.1) is 34.0 Å². The normalized spacial score (nSPS) is 49.3. The van der Waals surface area contributed by atoms with Gasteiger partial charge in [0.1, 0.15) is 18.0 Å². The topological polar surface area (TPSA) is 63.6 Å². The van der Waals surface area contributed by atoms with E-state index in [2.05, 4.69) is 20.8 Å². The van der Waals surface area contributed by atoms with Crippen molar-refractivity contribution in [1.29, 1.82) is 0 Å². The molecule has 0 saturated heterocycles. The number of fused-ring (bicyclic) bond motifs is 3. The second kappa shape index (κ2) is 5.56. The fourth-order valence-electron chi connectivity index (χ4n) is 8.04. The minimum atomic E-state index is -0.858. The lowest BCUT2D eigenvalue weighted by Crippen LogP contribution is -2.58. The standard InChI is InChI=1S/C22H34O4/c1-14(23)26-13-22(25)12-21-10-7-16-19(2,3)18(24)8-9-20(16,4)17(21)6-5-15(22)11-21/h15-17,25H,5-13H2,1-4H3/t15-,16+,17-,20-,21+,22+/m1/s1. The maximum Gasteiger partial charge on any atom is 0.302 e. The van der Waals surface area contributed by atoms with E-state index in [0.717, 1.165) is 44.9 Å². The Bertz CT molecular complexity index is 640. The summed E-state index contributed by atoms with van der Waals surface area (Å²) >= 11 is 0. The molecule has 4 aliphatic rings. The van der Waals surface area contributed by atoms with Crippen LogP contribution in [0.5, 0.6) is 0 Å². The zero-order valence-electron chi connectivity index (χ0n) is 16.8. The molecule has 4 saturated carbocycles. The van der Waals surface area contributed by atoms with Crippen molar-refractivity contribution in [3.63, 3.8) is 0 Å². The molecular weight excluding hydrogens is 328 g/mol. The Morgan fingerprint density at radius 2 is 1.88 bits per heavy atom. The van der Waals surface area contributed by atoms with Crippen molar-refractivity contribution < 1.29 is 19.4 Å². The molecule has 0 heterocycles. The van der Waals surface area contributed by atoms with Gasteiger partial charge in [0.05, 0.1) is 0 Å². The molecule has 0 amide bonds. The average Bonchev–Trinajstić information content (AvgIpc) is 2.76. The van der Waals surface area contributed by atoms with Gasteiger partial charge in [-0.05, 0) is 73.5 Å². The van der Waals surface area contributed by atoms with Crippen molar-refractivity contribution in [2.45, 2.75) is 84.7 Å². The van der Waals surface area contributed by atoms with E-state index in [1.165, 1.54) is 6.92 Å². The molecule has 4 rings (SSSR count). The van der Waals surface area contributed by atoms with Crippen molar-refractivity contribution in [3.8, 4) is 0 Å². The van der Waals surface area contributed by atoms with Crippen LogP contribution in [0.3, 0.4) is 0 Å². The van der Waals surface area contributed by atoms with Gasteiger partial charge in [0, 0.05) is 18.8 Å². The molecule has 4 nitrogen and oxygen atoms in total. The van der Waals surface area contributed by atoms with Crippen LogP contribution in [0.15, 0.2) is 0 Å². The first-order chi connectivity index (χ1) is 12.0. The highest BCUT2D eigenvalue weighted by atomic mass is 16.5. The van der Waals surface area contributed by atoms with Crippen LogP contribution in [0.2, 0.25) is 0 Å². The Morgan fingerprint density at radius 1 is 1.15 bits per heavy atom. The Balaban J connectivity index is 1.64. The van der Waals surface area contributed by atoms with Crippen LogP contribution in [0.1, 0.15) is 79.1 Å². The molecule has 0 radical (unpaired) electrons. The van der Waals surface area contributed by atoms with Gasteiger partial charge in [-0.3, -0.25) is 9.59 Å². The van der Waals surface area contributed by atoms with Crippen LogP contribution in [-0.2, 0) is 14.3 Å². The molecule has 0 aromatic carbocycles. The molecule has 1 spiro atoms. The molecule has 0 aromatic heterocycles. The quantitative estimate of drug-likeness (QED) is 0.757. The summed E-state index contributed by atoms with van der Waals surface area (Å²) in [4.78, 5) is 23.9. The maximum atomic E-state index is 12.6. The molecule has 4 fully saturated rings. The maximum absolute atomic E-state index is 12.6. The number of ether oxygens (including phenoxy) is 1. The van der Waals surface area contributed by atoms with Gasteiger partial charge in [-0.15, -0.1) is 0 Å². The summed E-state index contributed by atoms with van der Waals surface area (Å²) in [5.74, 6) is 1.39. The summed E-state index contributed by atoms with van der Waals surface area (Å²) in [6.07, 6.45) is 7.87. The number of carbonyl (C=O) groups is 2. The van der Waals surface area contributed by atoms with E-state index < -0.39 is 5.60 Å². The number of rotatable bonds is 2. The first kappa shape index (κ1) is 18.5. The fraction of sp³-hybridized carbons (Fsp3) is 0.909. The number of esters is 1. The first-order valence-electron chi connectivity index (χ1n) is 10.4. The number of Topliss-reactive ketones (excluding diaryl/α,β-unsaturated/α-hetero) is 1. The molecule has 1 N–H and O–H groups in total. The van der Waals surface area contributed by atoms with E-state index in [4.69, 9.17) is 4.74 Å². The highest BCUT2D eigenvalue weighted by Crippen LogP contribution is 2.72. The minimum Gasteiger partial charge on any atom is -0.463 e. The molecule has 0 aliphatic heterocycles. The summed E-state index contributed by atoms with van der Waals surface area (Å²) in [6, 6.07) is 0. The number of hydrogen-bond acceptors (Lipinski definition) is 4. The lowest BCUT2D eigenvalue weighted by atomic mass is 9.41. The minimum absolute atomic E-state index is 0.144. The van der Waals surface area contributed by atoms with Gasteiger partial charge in [-0.2, -0.15) is 0 Å². The van der Waals surface area contributed by atoms with E-state index in [0.29, 0.717) is 24.0 Å². The molecule has 2 bridgehead atoms. The van der Waals surface area contributed by atoms with E-state index in [1.807, 2.05) is 0 Å². The molecular formula is C22H34O4. The van der Waals surface area contributed by atoms with Crippen LogP contribution in [0.4, 0.5) is 0 Å². The smallest absolute Gasteiger partial charge is 0.302 e. The molecule has 4 aliphatic carbocycles. The number of hydrogen-bond donors (Lipinski definition) is 1. The highest BCUT2D eigenvalue weighted by molar-refractivity contribution is 5.85. The second-order valence-corrected chi connectivity index (χ2v) is 10.7. The van der Waals surface area contributed by atoms with Crippen LogP contribution in [-0.4, -0.2) is 29.1 Å². The van der Waals surface area contributed by atoms with Gasteiger partial charge >= 0.3 is 5.97 Å². The molecule has 4 heteroatoms. The molecule has 0 unspecified atom stereocenters. The molecule has 26 heavy (non-hydrogen) atoms. The van der Waals surface area contributed by atoms with E-state index in [-0.39, 0.29) is 34.7 Å².